The molecule has 1 fully saturated rings. The van der Waals surface area contributed by atoms with Crippen LogP contribution in [0.5, 0.6) is 0 Å². The van der Waals surface area contributed by atoms with E-state index >= 15 is 0 Å². The maximum absolute atomic E-state index is 12.4. The Morgan fingerprint density at radius 1 is 1.38 bits per heavy atom. The number of rotatable bonds is 5. The number of aliphatic hydroxyl groups excluding tert-OH is 1. The van der Waals surface area contributed by atoms with Crippen LogP contribution in [-0.2, 0) is 9.84 Å². The molecule has 0 radical (unpaired) electrons. The Balaban J connectivity index is 2.00. The number of nitrogens with zero attached hydrogens (tertiary/aromatic N) is 2. The summed E-state index contributed by atoms with van der Waals surface area (Å²) in [6.45, 7) is 3.51. The summed E-state index contributed by atoms with van der Waals surface area (Å²) in [5.41, 5.74) is 2.92. The molecule has 8 heteroatoms. The molecule has 2 N–H and O–H groups in total. The molecule has 7 nitrogen and oxygen atoms in total. The highest BCUT2D eigenvalue weighted by molar-refractivity contribution is 7.91. The molecule has 1 aromatic heterocycles. The van der Waals surface area contributed by atoms with Crippen molar-refractivity contribution in [2.75, 3.05) is 18.1 Å². The van der Waals surface area contributed by atoms with Gasteiger partial charge >= 0.3 is 0 Å². The number of carbonyl (C=O) groups is 1. The van der Waals surface area contributed by atoms with Gasteiger partial charge in [0.15, 0.2) is 15.5 Å². The van der Waals surface area contributed by atoms with Crippen LogP contribution in [0, 0.1) is 6.92 Å². The van der Waals surface area contributed by atoms with Gasteiger partial charge in [0.2, 0.25) is 0 Å². The van der Waals surface area contributed by atoms with Crippen LogP contribution in [0.15, 0.2) is 30.3 Å². The maximum Gasteiger partial charge on any atom is 0.272 e. The largest absolute Gasteiger partial charge is 0.394 e. The molecule has 0 bridgehead atoms. The van der Waals surface area contributed by atoms with Gasteiger partial charge in [0.25, 0.3) is 5.91 Å². The number of hydrogen-bond donors (Lipinski definition) is 2. The topological polar surface area (TPSA) is 101 Å². The van der Waals surface area contributed by atoms with Gasteiger partial charge in [-0.2, -0.15) is 5.10 Å². The molecule has 2 heterocycles. The number of aryl methyl sites for hydroxylation is 1. The van der Waals surface area contributed by atoms with E-state index in [9.17, 15) is 13.2 Å². The summed E-state index contributed by atoms with van der Waals surface area (Å²) in [5.74, 6) is -0.227. The van der Waals surface area contributed by atoms with Crippen molar-refractivity contribution in [3.63, 3.8) is 0 Å². The van der Waals surface area contributed by atoms with Crippen molar-refractivity contribution in [2.45, 2.75) is 32.4 Å². The van der Waals surface area contributed by atoms with Gasteiger partial charge in [-0.1, -0.05) is 29.8 Å². The van der Waals surface area contributed by atoms with Crippen LogP contribution < -0.4 is 5.32 Å². The van der Waals surface area contributed by atoms with Gasteiger partial charge in [-0.05, 0) is 31.9 Å². The third kappa shape index (κ3) is 3.96. The minimum Gasteiger partial charge on any atom is -0.394 e. The monoisotopic (exact) mass is 377 g/mol. The van der Waals surface area contributed by atoms with Crippen LogP contribution in [0.25, 0.3) is 11.3 Å². The molecule has 0 spiro atoms. The summed E-state index contributed by atoms with van der Waals surface area (Å²) < 4.78 is 25.4. The summed E-state index contributed by atoms with van der Waals surface area (Å²) in [6.07, 6.45) is 0.483. The Labute approximate surface area is 153 Å². The number of carbonyl (C=O) groups excluding carboxylic acids is 1. The highest BCUT2D eigenvalue weighted by atomic mass is 32.2. The Morgan fingerprint density at radius 3 is 2.65 bits per heavy atom. The van der Waals surface area contributed by atoms with Crippen LogP contribution in [0.1, 0.15) is 35.4 Å². The van der Waals surface area contributed by atoms with Gasteiger partial charge in [-0.15, -0.1) is 0 Å². The van der Waals surface area contributed by atoms with Crippen molar-refractivity contribution in [3.8, 4) is 11.3 Å². The van der Waals surface area contributed by atoms with Crippen molar-refractivity contribution < 1.29 is 18.3 Å². The molecule has 2 aromatic rings. The van der Waals surface area contributed by atoms with Gasteiger partial charge in [-0.3, -0.25) is 9.48 Å². The normalized spacial score (nSPS) is 20.0. The van der Waals surface area contributed by atoms with E-state index < -0.39 is 9.84 Å². The molecule has 1 aromatic carbocycles. The second kappa shape index (κ2) is 7.20. The zero-order valence-electron chi connectivity index (χ0n) is 14.8. The lowest BCUT2D eigenvalue weighted by Crippen LogP contribution is -2.35. The fourth-order valence-corrected chi connectivity index (χ4v) is 4.73. The van der Waals surface area contributed by atoms with E-state index in [1.165, 1.54) is 0 Å². The molecule has 1 amide bonds. The summed E-state index contributed by atoms with van der Waals surface area (Å²) >= 11 is 0. The van der Waals surface area contributed by atoms with Gasteiger partial charge in [0.05, 0.1) is 29.8 Å². The summed E-state index contributed by atoms with van der Waals surface area (Å²) in [7, 11) is -3.08. The van der Waals surface area contributed by atoms with E-state index in [0.717, 1.165) is 11.1 Å². The second-order valence-corrected chi connectivity index (χ2v) is 9.07. The van der Waals surface area contributed by atoms with Crippen LogP contribution in [0.4, 0.5) is 0 Å². The quantitative estimate of drug-likeness (QED) is 0.819. The number of hydrogen-bond acceptors (Lipinski definition) is 5. The first kappa shape index (κ1) is 18.6. The van der Waals surface area contributed by atoms with E-state index in [1.807, 2.05) is 31.2 Å². The fraction of sp³-hybridized carbons (Fsp3) is 0.444. The maximum atomic E-state index is 12.4. The van der Waals surface area contributed by atoms with Crippen molar-refractivity contribution in [2.24, 2.45) is 0 Å². The summed E-state index contributed by atoms with van der Waals surface area (Å²) in [4.78, 5) is 12.4. The minimum atomic E-state index is -3.08. The number of aromatic nitrogens is 2. The standard InChI is InChI=1S/C18H23N3O4S/c1-12-3-5-14(6-4-12)17-9-16(18(23)19-13(2)10-22)20-21(17)15-7-8-26(24,25)11-15/h3-6,9,13,15,22H,7-8,10-11H2,1-2H3,(H,19,23)/t13-,15?/m0/s1. The highest BCUT2D eigenvalue weighted by Gasteiger charge is 2.32. The number of amides is 1. The third-order valence-electron chi connectivity index (χ3n) is 4.52. The van der Waals surface area contributed by atoms with Crippen LogP contribution in [0.2, 0.25) is 0 Å². The zero-order chi connectivity index (χ0) is 18.9. The third-order valence-corrected chi connectivity index (χ3v) is 6.27. The van der Waals surface area contributed by atoms with E-state index in [-0.39, 0.29) is 41.8 Å². The molecule has 140 valence electrons. The number of nitrogens with one attached hydrogen (secondary N) is 1. The first-order chi connectivity index (χ1) is 12.3. The van der Waals surface area contributed by atoms with E-state index in [1.54, 1.807) is 17.7 Å². The smallest absolute Gasteiger partial charge is 0.272 e. The Hall–Kier alpha value is -2.19. The molecular weight excluding hydrogens is 354 g/mol. The van der Waals surface area contributed by atoms with E-state index in [4.69, 9.17) is 5.11 Å². The molecule has 1 aliphatic heterocycles. The fourth-order valence-electron chi connectivity index (χ4n) is 3.04. The molecular formula is C18H23N3O4S. The molecule has 0 saturated carbocycles. The molecule has 2 atom stereocenters. The lowest BCUT2D eigenvalue weighted by Gasteiger charge is -2.13. The van der Waals surface area contributed by atoms with Gasteiger partial charge < -0.3 is 10.4 Å². The lowest BCUT2D eigenvalue weighted by atomic mass is 10.1. The van der Waals surface area contributed by atoms with E-state index in [2.05, 4.69) is 10.4 Å². The summed E-state index contributed by atoms with van der Waals surface area (Å²) in [5, 5.41) is 16.2. The second-order valence-electron chi connectivity index (χ2n) is 6.84. The molecule has 0 aliphatic carbocycles. The first-order valence-corrected chi connectivity index (χ1v) is 10.4. The number of aliphatic hydroxyl groups is 1. The summed E-state index contributed by atoms with van der Waals surface area (Å²) in [6, 6.07) is 8.80. The Kier molecular flexibility index (Phi) is 5.15. The van der Waals surface area contributed by atoms with E-state index in [0.29, 0.717) is 12.1 Å². The van der Waals surface area contributed by atoms with Gasteiger partial charge in [-0.25, -0.2) is 8.42 Å². The van der Waals surface area contributed by atoms with Crippen molar-refractivity contribution >= 4 is 15.7 Å². The van der Waals surface area contributed by atoms with Gasteiger partial charge in [0, 0.05) is 6.04 Å². The molecule has 26 heavy (non-hydrogen) atoms. The predicted molar refractivity (Wildman–Crippen MR) is 98.7 cm³/mol. The van der Waals surface area contributed by atoms with Crippen LogP contribution in [-0.4, -0.2) is 53.4 Å². The average molecular weight is 377 g/mol. The lowest BCUT2D eigenvalue weighted by molar-refractivity contribution is 0.0916. The molecule has 1 unspecified atom stereocenters. The Morgan fingerprint density at radius 2 is 2.08 bits per heavy atom. The number of benzene rings is 1. The first-order valence-electron chi connectivity index (χ1n) is 8.58. The van der Waals surface area contributed by atoms with Crippen molar-refractivity contribution in [3.05, 3.63) is 41.6 Å². The average Bonchev–Trinajstić information content (AvgIpc) is 3.18. The molecule has 3 rings (SSSR count). The molecule has 1 saturated heterocycles. The van der Waals surface area contributed by atoms with Gasteiger partial charge in [0.1, 0.15) is 0 Å². The van der Waals surface area contributed by atoms with Crippen LogP contribution >= 0.6 is 0 Å². The predicted octanol–water partition coefficient (Wildman–Crippen LogP) is 1.33. The highest BCUT2D eigenvalue weighted by Crippen LogP contribution is 2.30. The van der Waals surface area contributed by atoms with Crippen molar-refractivity contribution in [1.82, 2.24) is 15.1 Å². The minimum absolute atomic E-state index is 0.0294. The van der Waals surface area contributed by atoms with Crippen molar-refractivity contribution in [1.29, 1.82) is 0 Å². The number of sulfone groups is 1. The Bertz CT molecular complexity index is 903. The van der Waals surface area contributed by atoms with Crippen LogP contribution in [0.3, 0.4) is 0 Å². The SMILES string of the molecule is Cc1ccc(-c2cc(C(=O)N[C@@H](C)CO)nn2C2CCS(=O)(=O)C2)cc1. The zero-order valence-corrected chi connectivity index (χ0v) is 15.7. The molecule has 1 aliphatic rings.